The summed E-state index contributed by atoms with van der Waals surface area (Å²) in [7, 11) is 4.09. The molecule has 1 aliphatic carbocycles. The Morgan fingerprint density at radius 3 is 2.79 bits per heavy atom. The van der Waals surface area contributed by atoms with Gasteiger partial charge in [0.1, 0.15) is 0 Å². The molecule has 3 aliphatic rings. The highest BCUT2D eigenvalue weighted by molar-refractivity contribution is 8.77. The normalized spacial score (nSPS) is 21.4. The van der Waals surface area contributed by atoms with Crippen molar-refractivity contribution in [3.63, 3.8) is 0 Å². The topological polar surface area (TPSA) is 42.2 Å². The summed E-state index contributed by atoms with van der Waals surface area (Å²) in [4.78, 5) is 2.69. The van der Waals surface area contributed by atoms with Crippen molar-refractivity contribution in [2.24, 2.45) is 0 Å². The summed E-state index contributed by atoms with van der Waals surface area (Å²) in [6, 6.07) is 14.0. The molecule has 0 bridgehead atoms. The van der Waals surface area contributed by atoms with Crippen LogP contribution in [0.1, 0.15) is 67.7 Å². The molecule has 2 aliphatic heterocycles. The first kappa shape index (κ1) is 22.7. The van der Waals surface area contributed by atoms with Crippen molar-refractivity contribution >= 4 is 21.6 Å². The van der Waals surface area contributed by atoms with Crippen LogP contribution in [0.5, 0.6) is 0 Å². The first-order valence-corrected chi connectivity index (χ1v) is 15.3. The van der Waals surface area contributed by atoms with Crippen LogP contribution in [0.2, 0.25) is 0 Å². The Morgan fingerprint density at radius 2 is 1.94 bits per heavy atom. The molecular formula is C28H33N3OS2. The van der Waals surface area contributed by atoms with Gasteiger partial charge in [0.25, 0.3) is 0 Å². The molecule has 1 aromatic heterocycles. The predicted molar refractivity (Wildman–Crippen MR) is 143 cm³/mol. The van der Waals surface area contributed by atoms with Crippen molar-refractivity contribution in [3.05, 3.63) is 59.0 Å². The Balaban J connectivity index is 1.26. The molecule has 6 heteroatoms. The van der Waals surface area contributed by atoms with Gasteiger partial charge in [0.2, 0.25) is 11.8 Å². The van der Waals surface area contributed by atoms with Crippen LogP contribution in [0.25, 0.3) is 22.6 Å². The Bertz CT molecular complexity index is 1150. The van der Waals surface area contributed by atoms with Crippen molar-refractivity contribution in [1.82, 2.24) is 15.1 Å². The van der Waals surface area contributed by atoms with E-state index < -0.39 is 0 Å². The molecule has 0 N–H and O–H groups in total. The number of benzene rings is 2. The molecule has 1 saturated heterocycles. The van der Waals surface area contributed by atoms with Crippen LogP contribution in [0.4, 0.5) is 0 Å². The van der Waals surface area contributed by atoms with Gasteiger partial charge in [-0.2, -0.15) is 0 Å². The third kappa shape index (κ3) is 4.33. The fraction of sp³-hybridized carbons (Fsp3) is 0.500. The van der Waals surface area contributed by atoms with Crippen molar-refractivity contribution < 1.29 is 4.42 Å². The summed E-state index contributed by atoms with van der Waals surface area (Å²) >= 11 is 0. The molecule has 1 fully saturated rings. The van der Waals surface area contributed by atoms with E-state index in [4.69, 9.17) is 4.42 Å². The fourth-order valence-electron chi connectivity index (χ4n) is 5.98. The lowest BCUT2D eigenvalue weighted by atomic mass is 9.75. The van der Waals surface area contributed by atoms with Gasteiger partial charge in [-0.1, -0.05) is 65.3 Å². The Kier molecular flexibility index (Phi) is 6.73. The van der Waals surface area contributed by atoms with Crippen LogP contribution in [-0.4, -0.2) is 39.2 Å². The maximum atomic E-state index is 6.24. The zero-order chi connectivity index (χ0) is 22.9. The Hall–Kier alpha value is -1.76. The molecule has 0 spiro atoms. The minimum atomic E-state index is 0.484. The van der Waals surface area contributed by atoms with E-state index in [0.717, 1.165) is 48.9 Å². The maximum Gasteiger partial charge on any atom is 0.248 e. The van der Waals surface area contributed by atoms with Gasteiger partial charge in [-0.25, -0.2) is 0 Å². The quantitative estimate of drug-likeness (QED) is 0.246. The summed E-state index contributed by atoms with van der Waals surface area (Å²) in [5, 5.41) is 9.78. The number of nitrogens with zero attached hydrogens (tertiary/aromatic N) is 3. The molecular weight excluding hydrogens is 458 g/mol. The zero-order valence-electron chi connectivity index (χ0n) is 20.0. The lowest BCUT2D eigenvalue weighted by Gasteiger charge is -2.42. The molecule has 6 rings (SSSR count). The monoisotopic (exact) mass is 491 g/mol. The molecule has 178 valence electrons. The molecule has 0 amide bonds. The molecule has 2 aromatic carbocycles. The van der Waals surface area contributed by atoms with Crippen molar-refractivity contribution in [3.8, 4) is 22.6 Å². The number of aryl methyl sites for hydroxylation is 1. The molecule has 0 saturated carbocycles. The van der Waals surface area contributed by atoms with E-state index in [0.29, 0.717) is 11.9 Å². The molecule has 3 heterocycles. The van der Waals surface area contributed by atoms with Gasteiger partial charge in [0, 0.05) is 35.6 Å². The second-order valence-electron chi connectivity index (χ2n) is 9.80. The van der Waals surface area contributed by atoms with Crippen LogP contribution >= 0.6 is 21.6 Å². The average molecular weight is 492 g/mol. The van der Waals surface area contributed by atoms with E-state index in [-0.39, 0.29) is 0 Å². The molecule has 0 radical (unpaired) electrons. The SMILES string of the molecule is CCCN1CCc2cccc3c2C1Cc1cccc(-c2nnc(CCCCC4CCSS4)o2)c1-3. The molecule has 2 atom stereocenters. The van der Waals surface area contributed by atoms with E-state index in [9.17, 15) is 0 Å². The summed E-state index contributed by atoms with van der Waals surface area (Å²) < 4.78 is 6.24. The number of hydrogen-bond donors (Lipinski definition) is 0. The average Bonchev–Trinajstić information content (AvgIpc) is 3.56. The summed E-state index contributed by atoms with van der Waals surface area (Å²) in [5.74, 6) is 2.76. The van der Waals surface area contributed by atoms with E-state index in [2.05, 4.69) is 69.2 Å². The number of unbranched alkanes of at least 4 members (excludes halogenated alkanes) is 1. The van der Waals surface area contributed by atoms with Gasteiger partial charge in [-0.05, 0) is 79.0 Å². The van der Waals surface area contributed by atoms with E-state index in [1.807, 2.05) is 10.8 Å². The Labute approximate surface area is 210 Å². The Morgan fingerprint density at radius 1 is 1.06 bits per heavy atom. The predicted octanol–water partition coefficient (Wildman–Crippen LogP) is 7.14. The van der Waals surface area contributed by atoms with E-state index in [1.54, 1.807) is 0 Å². The van der Waals surface area contributed by atoms with Crippen LogP contribution in [0.15, 0.2) is 40.8 Å². The third-order valence-electron chi connectivity index (χ3n) is 7.57. The molecule has 3 aromatic rings. The fourth-order valence-corrected chi connectivity index (χ4v) is 9.01. The summed E-state index contributed by atoms with van der Waals surface area (Å²) in [6.45, 7) is 4.62. The number of fused-ring (bicyclic) bond motifs is 2. The highest BCUT2D eigenvalue weighted by Gasteiger charge is 2.35. The van der Waals surface area contributed by atoms with Gasteiger partial charge in [0.05, 0.1) is 0 Å². The van der Waals surface area contributed by atoms with Gasteiger partial charge >= 0.3 is 0 Å². The lowest BCUT2D eigenvalue weighted by molar-refractivity contribution is 0.183. The zero-order valence-corrected chi connectivity index (χ0v) is 21.6. The number of aromatic nitrogens is 2. The maximum absolute atomic E-state index is 6.24. The standard InChI is InChI=1S/C28H33N3OS2/c1-2-15-31-16-13-19-7-5-10-22-26-20(18-24(31)27(19)22)8-6-11-23(26)28-30-29-25(32-28)12-4-3-9-21-14-17-33-34-21/h5-8,10-11,21,24H,2-4,9,12-18H2,1H3. The van der Waals surface area contributed by atoms with Crippen molar-refractivity contribution in [2.45, 2.75) is 69.6 Å². The van der Waals surface area contributed by atoms with E-state index >= 15 is 0 Å². The van der Waals surface area contributed by atoms with Crippen LogP contribution in [0.3, 0.4) is 0 Å². The number of rotatable bonds is 8. The molecule has 4 nitrogen and oxygen atoms in total. The highest BCUT2D eigenvalue weighted by atomic mass is 33.1. The number of hydrogen-bond acceptors (Lipinski definition) is 6. The minimum absolute atomic E-state index is 0.484. The minimum Gasteiger partial charge on any atom is -0.421 e. The molecule has 34 heavy (non-hydrogen) atoms. The van der Waals surface area contributed by atoms with Crippen molar-refractivity contribution in [1.29, 1.82) is 0 Å². The summed E-state index contributed by atoms with van der Waals surface area (Å²) in [6.07, 6.45) is 9.30. The van der Waals surface area contributed by atoms with Gasteiger partial charge in [-0.15, -0.1) is 10.2 Å². The molecule has 2 unspecified atom stereocenters. The second-order valence-corrected chi connectivity index (χ2v) is 12.6. The summed E-state index contributed by atoms with van der Waals surface area (Å²) in [5.41, 5.74) is 8.22. The smallest absolute Gasteiger partial charge is 0.248 e. The van der Waals surface area contributed by atoms with Gasteiger partial charge < -0.3 is 4.42 Å². The third-order valence-corrected chi connectivity index (χ3v) is 10.6. The van der Waals surface area contributed by atoms with Crippen LogP contribution < -0.4 is 0 Å². The van der Waals surface area contributed by atoms with Gasteiger partial charge in [-0.3, -0.25) is 4.90 Å². The van der Waals surface area contributed by atoms with Crippen molar-refractivity contribution in [2.75, 3.05) is 18.8 Å². The van der Waals surface area contributed by atoms with E-state index in [1.165, 1.54) is 65.8 Å². The first-order valence-electron chi connectivity index (χ1n) is 12.9. The largest absolute Gasteiger partial charge is 0.421 e. The second kappa shape index (κ2) is 10.1. The lowest BCUT2D eigenvalue weighted by Crippen LogP contribution is -2.38. The first-order chi connectivity index (χ1) is 16.8. The van der Waals surface area contributed by atoms with Crippen LogP contribution in [-0.2, 0) is 19.3 Å². The van der Waals surface area contributed by atoms with Crippen LogP contribution in [0, 0.1) is 0 Å². The highest BCUT2D eigenvalue weighted by Crippen LogP contribution is 2.48. The van der Waals surface area contributed by atoms with Gasteiger partial charge in [0.15, 0.2) is 0 Å².